The van der Waals surface area contributed by atoms with Crippen molar-refractivity contribution < 1.29 is 17.6 Å². The highest BCUT2D eigenvalue weighted by Crippen LogP contribution is 2.18. The molecule has 1 aromatic rings. The zero-order valence-corrected chi connectivity index (χ0v) is 11.5. The number of nitrogen functional groups attached to an aromatic ring is 1. The van der Waals surface area contributed by atoms with Gasteiger partial charge in [-0.05, 0) is 31.0 Å². The van der Waals surface area contributed by atoms with E-state index >= 15 is 0 Å². The lowest BCUT2D eigenvalue weighted by Gasteiger charge is -2.08. The molecule has 4 N–H and O–H groups in total. The van der Waals surface area contributed by atoms with Crippen LogP contribution in [0.15, 0.2) is 23.1 Å². The highest BCUT2D eigenvalue weighted by molar-refractivity contribution is 7.89. The molecule has 1 fully saturated rings. The van der Waals surface area contributed by atoms with Crippen molar-refractivity contribution in [2.45, 2.75) is 30.2 Å². The molecule has 1 aliphatic rings. The zero-order chi connectivity index (χ0) is 14.8. The second-order valence-corrected chi connectivity index (χ2v) is 6.44. The van der Waals surface area contributed by atoms with Crippen molar-refractivity contribution in [1.82, 2.24) is 10.0 Å². The number of carbonyl (C=O) groups is 1. The third kappa shape index (κ3) is 3.91. The summed E-state index contributed by atoms with van der Waals surface area (Å²) in [5.74, 6) is -0.988. The minimum absolute atomic E-state index is 0.0348. The average Bonchev–Trinajstić information content (AvgIpc) is 3.16. The first kappa shape index (κ1) is 14.7. The Bertz CT molecular complexity index is 614. The van der Waals surface area contributed by atoms with E-state index in [0.29, 0.717) is 0 Å². The van der Waals surface area contributed by atoms with Crippen molar-refractivity contribution in [3.8, 4) is 0 Å². The number of carbonyl (C=O) groups excluding carboxylic acids is 1. The van der Waals surface area contributed by atoms with Gasteiger partial charge in [-0.15, -0.1) is 0 Å². The van der Waals surface area contributed by atoms with Crippen LogP contribution in [0.1, 0.15) is 19.3 Å². The molecule has 0 unspecified atom stereocenters. The zero-order valence-electron chi connectivity index (χ0n) is 10.7. The summed E-state index contributed by atoms with van der Waals surface area (Å²) in [6, 6.07) is 3.49. The molecule has 0 aromatic heterocycles. The predicted molar refractivity (Wildman–Crippen MR) is 71.8 cm³/mol. The maximum absolute atomic E-state index is 13.2. The lowest BCUT2D eigenvalue weighted by Crippen LogP contribution is -2.31. The molecular weight excluding hydrogens is 285 g/mol. The smallest absolute Gasteiger partial charge is 0.240 e. The van der Waals surface area contributed by atoms with Crippen molar-refractivity contribution in [3.63, 3.8) is 0 Å². The van der Waals surface area contributed by atoms with E-state index in [-0.39, 0.29) is 35.5 Å². The highest BCUT2D eigenvalue weighted by atomic mass is 32.2. The van der Waals surface area contributed by atoms with Crippen molar-refractivity contribution in [3.05, 3.63) is 24.0 Å². The fourth-order valence-corrected chi connectivity index (χ4v) is 2.63. The summed E-state index contributed by atoms with van der Waals surface area (Å²) >= 11 is 0. The van der Waals surface area contributed by atoms with Gasteiger partial charge < -0.3 is 11.1 Å². The predicted octanol–water partition coefficient (Wildman–Crippen LogP) is 0.355. The first-order valence-corrected chi connectivity index (χ1v) is 7.71. The topological polar surface area (TPSA) is 101 Å². The number of halogens is 1. The van der Waals surface area contributed by atoms with Crippen LogP contribution in [0, 0.1) is 5.82 Å². The van der Waals surface area contributed by atoms with E-state index in [1.54, 1.807) is 0 Å². The standard InChI is InChI=1S/C12H16FN3O3S/c13-10-7-9(3-4-11(10)14)20(18,19)15-6-5-12(17)16-8-1-2-8/h3-4,7-8,15H,1-2,5-6,14H2,(H,16,17). The van der Waals surface area contributed by atoms with Gasteiger partial charge in [-0.25, -0.2) is 17.5 Å². The number of benzene rings is 1. The third-order valence-electron chi connectivity index (χ3n) is 2.87. The SMILES string of the molecule is Nc1ccc(S(=O)(=O)NCCC(=O)NC2CC2)cc1F. The van der Waals surface area contributed by atoms with Crippen LogP contribution in [0.5, 0.6) is 0 Å². The molecule has 0 bridgehead atoms. The number of nitrogens with two attached hydrogens (primary N) is 1. The molecule has 0 radical (unpaired) electrons. The number of hydrogen-bond donors (Lipinski definition) is 3. The van der Waals surface area contributed by atoms with Gasteiger partial charge in [-0.1, -0.05) is 0 Å². The molecule has 1 aromatic carbocycles. The van der Waals surface area contributed by atoms with Gasteiger partial charge in [0.15, 0.2) is 0 Å². The third-order valence-corrected chi connectivity index (χ3v) is 4.33. The Morgan fingerprint density at radius 1 is 1.40 bits per heavy atom. The number of sulfonamides is 1. The Morgan fingerprint density at radius 2 is 2.10 bits per heavy atom. The second-order valence-electron chi connectivity index (χ2n) is 4.67. The van der Waals surface area contributed by atoms with Gasteiger partial charge in [0, 0.05) is 19.0 Å². The molecule has 20 heavy (non-hydrogen) atoms. The Morgan fingerprint density at radius 3 is 2.70 bits per heavy atom. The van der Waals surface area contributed by atoms with Crippen LogP contribution in [0.4, 0.5) is 10.1 Å². The summed E-state index contributed by atoms with van der Waals surface area (Å²) in [4.78, 5) is 11.2. The van der Waals surface area contributed by atoms with Crippen LogP contribution in [0.3, 0.4) is 0 Å². The highest BCUT2D eigenvalue weighted by Gasteiger charge is 2.23. The summed E-state index contributed by atoms with van der Waals surface area (Å²) < 4.78 is 39.2. The Balaban J connectivity index is 1.89. The van der Waals surface area contributed by atoms with Crippen molar-refractivity contribution >= 4 is 21.6 Å². The lowest BCUT2D eigenvalue weighted by atomic mass is 10.3. The number of rotatable bonds is 6. The average molecular weight is 301 g/mol. The van der Waals surface area contributed by atoms with E-state index in [1.807, 2.05) is 0 Å². The van der Waals surface area contributed by atoms with E-state index in [9.17, 15) is 17.6 Å². The van der Waals surface area contributed by atoms with Crippen LogP contribution in [0.2, 0.25) is 0 Å². The summed E-state index contributed by atoms with van der Waals surface area (Å²) in [6.45, 7) is -0.0348. The molecule has 2 rings (SSSR count). The van der Waals surface area contributed by atoms with Gasteiger partial charge in [0.25, 0.3) is 0 Å². The van der Waals surface area contributed by atoms with E-state index in [4.69, 9.17) is 5.73 Å². The van der Waals surface area contributed by atoms with Crippen LogP contribution in [-0.4, -0.2) is 26.9 Å². The Hall–Kier alpha value is -1.67. The van der Waals surface area contributed by atoms with Gasteiger partial charge >= 0.3 is 0 Å². The quantitative estimate of drug-likeness (QED) is 0.660. The minimum Gasteiger partial charge on any atom is -0.396 e. The molecule has 0 aliphatic heterocycles. The van der Waals surface area contributed by atoms with E-state index in [0.717, 1.165) is 18.9 Å². The van der Waals surface area contributed by atoms with Gasteiger partial charge in [0.05, 0.1) is 10.6 Å². The van der Waals surface area contributed by atoms with Crippen LogP contribution in [-0.2, 0) is 14.8 Å². The number of nitrogens with one attached hydrogen (secondary N) is 2. The van der Waals surface area contributed by atoms with E-state index in [1.165, 1.54) is 12.1 Å². The molecule has 1 saturated carbocycles. The second kappa shape index (κ2) is 5.76. The number of amides is 1. The molecule has 8 heteroatoms. The maximum atomic E-state index is 13.2. The van der Waals surface area contributed by atoms with Crippen molar-refractivity contribution in [1.29, 1.82) is 0 Å². The maximum Gasteiger partial charge on any atom is 0.240 e. The summed E-state index contributed by atoms with van der Waals surface area (Å²) in [5.41, 5.74) is 5.16. The van der Waals surface area contributed by atoms with Crippen LogP contribution in [0.25, 0.3) is 0 Å². The fraction of sp³-hybridized carbons (Fsp3) is 0.417. The van der Waals surface area contributed by atoms with Gasteiger partial charge in [0.1, 0.15) is 5.82 Å². The van der Waals surface area contributed by atoms with Crippen molar-refractivity contribution in [2.75, 3.05) is 12.3 Å². The van der Waals surface area contributed by atoms with E-state index in [2.05, 4.69) is 10.0 Å². The largest absolute Gasteiger partial charge is 0.396 e. The Labute approximate surface area is 116 Å². The summed E-state index contributed by atoms with van der Waals surface area (Å²) in [7, 11) is -3.83. The first-order chi connectivity index (χ1) is 9.38. The summed E-state index contributed by atoms with van der Waals surface area (Å²) in [5, 5.41) is 2.75. The van der Waals surface area contributed by atoms with Gasteiger partial charge in [0.2, 0.25) is 15.9 Å². The first-order valence-electron chi connectivity index (χ1n) is 6.22. The summed E-state index contributed by atoms with van der Waals surface area (Å²) in [6.07, 6.45) is 2.00. The van der Waals surface area contributed by atoms with Crippen molar-refractivity contribution in [2.24, 2.45) is 0 Å². The molecular formula is C12H16FN3O3S. The monoisotopic (exact) mass is 301 g/mol. The lowest BCUT2D eigenvalue weighted by molar-refractivity contribution is -0.121. The minimum atomic E-state index is -3.83. The molecule has 0 heterocycles. The number of hydrogen-bond acceptors (Lipinski definition) is 4. The molecule has 1 aliphatic carbocycles. The molecule has 0 saturated heterocycles. The van der Waals surface area contributed by atoms with Gasteiger partial charge in [-0.2, -0.15) is 0 Å². The fourth-order valence-electron chi connectivity index (χ4n) is 1.58. The molecule has 1 amide bonds. The molecule has 0 atom stereocenters. The Kier molecular flexibility index (Phi) is 4.24. The molecule has 110 valence electrons. The van der Waals surface area contributed by atoms with Crippen LogP contribution >= 0.6 is 0 Å². The van der Waals surface area contributed by atoms with Crippen LogP contribution < -0.4 is 15.8 Å². The normalized spacial score (nSPS) is 15.1. The van der Waals surface area contributed by atoms with E-state index < -0.39 is 15.8 Å². The number of anilines is 1. The molecule has 6 nitrogen and oxygen atoms in total. The van der Waals surface area contributed by atoms with Gasteiger partial charge in [-0.3, -0.25) is 4.79 Å². The molecule has 0 spiro atoms.